The summed E-state index contributed by atoms with van der Waals surface area (Å²) in [5, 5.41) is 0.303. The number of anilines is 2. The van der Waals surface area contributed by atoms with Gasteiger partial charge in [-0.25, -0.2) is 9.97 Å². The second kappa shape index (κ2) is 3.79. The lowest BCUT2D eigenvalue weighted by Gasteiger charge is -2.23. The van der Waals surface area contributed by atoms with Gasteiger partial charge in [-0.1, -0.05) is 11.6 Å². The quantitative estimate of drug-likeness (QED) is 0.737. The maximum absolute atomic E-state index is 5.76. The van der Waals surface area contributed by atoms with Crippen LogP contribution in [0, 0.1) is 0 Å². The van der Waals surface area contributed by atoms with Crippen molar-refractivity contribution in [1.82, 2.24) is 9.97 Å². The SMILES string of the molecule is CC(C)N(C)c1ncnc(Cl)c1N. The van der Waals surface area contributed by atoms with Gasteiger partial charge in [0.25, 0.3) is 0 Å². The summed E-state index contributed by atoms with van der Waals surface area (Å²) in [6.45, 7) is 4.10. The Bertz CT molecular complexity index is 300. The fourth-order valence-corrected chi connectivity index (χ4v) is 1.02. The third-order valence-electron chi connectivity index (χ3n) is 1.92. The van der Waals surface area contributed by atoms with Gasteiger partial charge in [-0.3, -0.25) is 0 Å². The first kappa shape index (κ1) is 10.1. The highest BCUT2D eigenvalue weighted by Gasteiger charge is 2.12. The highest BCUT2D eigenvalue weighted by Crippen LogP contribution is 2.25. The molecule has 13 heavy (non-hydrogen) atoms. The van der Waals surface area contributed by atoms with E-state index >= 15 is 0 Å². The van der Waals surface area contributed by atoms with Gasteiger partial charge >= 0.3 is 0 Å². The van der Waals surface area contributed by atoms with Gasteiger partial charge in [-0.2, -0.15) is 0 Å². The minimum atomic E-state index is 0.303. The van der Waals surface area contributed by atoms with E-state index in [2.05, 4.69) is 23.8 Å². The van der Waals surface area contributed by atoms with Gasteiger partial charge in [0.1, 0.15) is 12.0 Å². The summed E-state index contributed by atoms with van der Waals surface area (Å²) in [4.78, 5) is 9.80. The highest BCUT2D eigenvalue weighted by atomic mass is 35.5. The minimum absolute atomic E-state index is 0.303. The van der Waals surface area contributed by atoms with Crippen molar-refractivity contribution in [2.75, 3.05) is 17.7 Å². The summed E-state index contributed by atoms with van der Waals surface area (Å²) in [5.41, 5.74) is 6.15. The standard InChI is InChI=1S/C8H13ClN4/c1-5(2)13(3)8-6(10)7(9)11-4-12-8/h4-5H,10H2,1-3H3. The van der Waals surface area contributed by atoms with Crippen molar-refractivity contribution >= 4 is 23.1 Å². The van der Waals surface area contributed by atoms with Crippen LogP contribution in [0.3, 0.4) is 0 Å². The molecule has 2 N–H and O–H groups in total. The average molecular weight is 201 g/mol. The largest absolute Gasteiger partial charge is 0.393 e. The molecule has 1 aromatic rings. The lowest BCUT2D eigenvalue weighted by molar-refractivity contribution is 0.743. The van der Waals surface area contributed by atoms with Crippen LogP contribution >= 0.6 is 11.6 Å². The average Bonchev–Trinajstić information content (AvgIpc) is 2.08. The molecular formula is C8H13ClN4. The monoisotopic (exact) mass is 200 g/mol. The van der Waals surface area contributed by atoms with Crippen molar-refractivity contribution in [3.05, 3.63) is 11.5 Å². The molecule has 0 aliphatic carbocycles. The van der Waals surface area contributed by atoms with Gasteiger partial charge in [0, 0.05) is 13.1 Å². The van der Waals surface area contributed by atoms with Gasteiger partial charge in [-0.05, 0) is 13.8 Å². The smallest absolute Gasteiger partial charge is 0.157 e. The van der Waals surface area contributed by atoms with Crippen LogP contribution in [0.4, 0.5) is 11.5 Å². The number of aromatic nitrogens is 2. The van der Waals surface area contributed by atoms with E-state index in [1.54, 1.807) is 0 Å². The molecule has 72 valence electrons. The second-order valence-corrected chi connectivity index (χ2v) is 3.46. The fourth-order valence-electron chi connectivity index (χ4n) is 0.891. The van der Waals surface area contributed by atoms with Gasteiger partial charge < -0.3 is 10.6 Å². The molecule has 0 atom stereocenters. The second-order valence-electron chi connectivity index (χ2n) is 3.11. The summed E-state index contributed by atoms with van der Waals surface area (Å²) in [5.74, 6) is 0.676. The molecule has 0 saturated heterocycles. The molecule has 0 fully saturated rings. The number of hydrogen-bond donors (Lipinski definition) is 1. The molecule has 1 heterocycles. The third kappa shape index (κ3) is 2.01. The Balaban J connectivity index is 3.07. The molecule has 0 aliphatic heterocycles. The van der Waals surface area contributed by atoms with E-state index in [-0.39, 0.29) is 0 Å². The molecule has 1 rings (SSSR count). The first-order chi connectivity index (χ1) is 6.04. The van der Waals surface area contributed by atoms with Crippen LogP contribution in [-0.4, -0.2) is 23.1 Å². The minimum Gasteiger partial charge on any atom is -0.393 e. The molecule has 4 nitrogen and oxygen atoms in total. The van der Waals surface area contributed by atoms with Gasteiger partial charge in [0.15, 0.2) is 11.0 Å². The van der Waals surface area contributed by atoms with E-state index in [4.69, 9.17) is 17.3 Å². The van der Waals surface area contributed by atoms with Gasteiger partial charge in [0.05, 0.1) is 0 Å². The van der Waals surface area contributed by atoms with Crippen LogP contribution < -0.4 is 10.6 Å². The Kier molecular flexibility index (Phi) is 2.93. The Labute approximate surface area is 82.7 Å². The van der Waals surface area contributed by atoms with Gasteiger partial charge in [0.2, 0.25) is 0 Å². The molecule has 0 aromatic carbocycles. The fraction of sp³-hybridized carbons (Fsp3) is 0.500. The molecular weight excluding hydrogens is 188 g/mol. The summed E-state index contributed by atoms with van der Waals surface area (Å²) < 4.78 is 0. The van der Waals surface area contributed by atoms with Crippen LogP contribution in [0.2, 0.25) is 5.15 Å². The zero-order valence-electron chi connectivity index (χ0n) is 7.95. The van der Waals surface area contributed by atoms with Crippen molar-refractivity contribution in [2.45, 2.75) is 19.9 Å². The molecule has 0 saturated carbocycles. The molecule has 0 amide bonds. The number of nitrogen functional groups attached to an aromatic ring is 1. The van der Waals surface area contributed by atoms with Gasteiger partial charge in [-0.15, -0.1) is 0 Å². The summed E-state index contributed by atoms with van der Waals surface area (Å²) in [6.07, 6.45) is 1.41. The van der Waals surface area contributed by atoms with Crippen molar-refractivity contribution in [1.29, 1.82) is 0 Å². The van der Waals surface area contributed by atoms with Crippen molar-refractivity contribution in [2.24, 2.45) is 0 Å². The third-order valence-corrected chi connectivity index (χ3v) is 2.22. The molecule has 0 bridgehead atoms. The van der Waals surface area contributed by atoms with E-state index in [9.17, 15) is 0 Å². The van der Waals surface area contributed by atoms with Crippen molar-refractivity contribution in [3.63, 3.8) is 0 Å². The van der Waals surface area contributed by atoms with Crippen LogP contribution in [0.1, 0.15) is 13.8 Å². The Morgan fingerprint density at radius 3 is 2.62 bits per heavy atom. The molecule has 0 unspecified atom stereocenters. The lowest BCUT2D eigenvalue weighted by atomic mass is 10.3. The lowest BCUT2D eigenvalue weighted by Crippen LogP contribution is -2.27. The number of halogens is 1. The summed E-state index contributed by atoms with van der Waals surface area (Å²) >= 11 is 5.76. The normalized spacial score (nSPS) is 10.5. The van der Waals surface area contributed by atoms with E-state index in [0.29, 0.717) is 22.7 Å². The number of nitrogens with two attached hydrogens (primary N) is 1. The van der Waals surface area contributed by atoms with Crippen LogP contribution in [0.15, 0.2) is 6.33 Å². The highest BCUT2D eigenvalue weighted by molar-refractivity contribution is 6.32. The Morgan fingerprint density at radius 1 is 1.46 bits per heavy atom. The maximum atomic E-state index is 5.76. The predicted octanol–water partition coefficient (Wildman–Crippen LogP) is 1.56. The molecule has 0 spiro atoms. The maximum Gasteiger partial charge on any atom is 0.157 e. The Hall–Kier alpha value is -1.03. The first-order valence-electron chi connectivity index (χ1n) is 4.02. The Morgan fingerprint density at radius 2 is 2.08 bits per heavy atom. The van der Waals surface area contributed by atoms with Crippen molar-refractivity contribution in [3.8, 4) is 0 Å². The number of nitrogens with zero attached hydrogens (tertiary/aromatic N) is 3. The molecule has 0 aliphatic rings. The molecule has 1 aromatic heterocycles. The van der Waals surface area contributed by atoms with E-state index < -0.39 is 0 Å². The van der Waals surface area contributed by atoms with Crippen LogP contribution in [0.5, 0.6) is 0 Å². The zero-order valence-corrected chi connectivity index (χ0v) is 8.71. The first-order valence-corrected chi connectivity index (χ1v) is 4.40. The number of hydrogen-bond acceptors (Lipinski definition) is 4. The van der Waals surface area contributed by atoms with E-state index in [1.165, 1.54) is 6.33 Å². The molecule has 5 heteroatoms. The van der Waals surface area contributed by atoms with Crippen LogP contribution in [-0.2, 0) is 0 Å². The van der Waals surface area contributed by atoms with E-state index in [0.717, 1.165) is 0 Å². The molecule has 0 radical (unpaired) electrons. The summed E-state index contributed by atoms with van der Waals surface area (Å²) in [6, 6.07) is 0.327. The van der Waals surface area contributed by atoms with Crippen molar-refractivity contribution < 1.29 is 0 Å². The van der Waals surface area contributed by atoms with E-state index in [1.807, 2.05) is 11.9 Å². The summed E-state index contributed by atoms with van der Waals surface area (Å²) in [7, 11) is 1.92. The van der Waals surface area contributed by atoms with Crippen LogP contribution in [0.25, 0.3) is 0 Å². The number of rotatable bonds is 2. The topological polar surface area (TPSA) is 55.0 Å². The zero-order chi connectivity index (χ0) is 10.0. The predicted molar refractivity (Wildman–Crippen MR) is 55.0 cm³/mol.